The predicted molar refractivity (Wildman–Crippen MR) is 116 cm³/mol. The number of aromatic amines is 1. The Labute approximate surface area is 174 Å². The smallest absolute Gasteiger partial charge is 0.217 e. The number of thiazole rings is 1. The number of benzene rings is 2. The topological polar surface area (TPSA) is 49.7 Å². The fraction of sp³-hybridized carbons (Fsp3) is 0.211. The summed E-state index contributed by atoms with van der Waals surface area (Å²) in [7, 11) is 2.07. The number of nitrogens with zero attached hydrogens (tertiary/aromatic N) is 4. The normalized spacial score (nSPS) is 12.7. The molecule has 4 rings (SSSR count). The van der Waals surface area contributed by atoms with E-state index in [-0.39, 0.29) is 6.04 Å². The molecule has 0 saturated carbocycles. The molecule has 1 unspecified atom stereocenters. The summed E-state index contributed by atoms with van der Waals surface area (Å²) < 4.78 is 4.67. The van der Waals surface area contributed by atoms with Gasteiger partial charge in [-0.25, -0.2) is 9.67 Å². The summed E-state index contributed by atoms with van der Waals surface area (Å²) in [5, 5.41) is 4.40. The fourth-order valence-corrected chi connectivity index (χ4v) is 4.34. The van der Waals surface area contributed by atoms with Gasteiger partial charge in [0.05, 0.1) is 22.9 Å². The lowest BCUT2D eigenvalue weighted by Crippen LogP contribution is -2.26. The highest BCUT2D eigenvalue weighted by Gasteiger charge is 2.17. The molecule has 5 nitrogen and oxygen atoms in total. The molecule has 0 saturated heterocycles. The van der Waals surface area contributed by atoms with Gasteiger partial charge in [0.1, 0.15) is 5.01 Å². The molecule has 0 bridgehead atoms. The zero-order valence-corrected chi connectivity index (χ0v) is 18.1. The van der Waals surface area contributed by atoms with Crippen LogP contribution in [0.1, 0.15) is 18.0 Å². The molecule has 1 N–H and O–H groups in total. The molecule has 2 heterocycles. The van der Waals surface area contributed by atoms with E-state index < -0.39 is 0 Å². The van der Waals surface area contributed by atoms with Crippen molar-refractivity contribution in [2.75, 3.05) is 7.05 Å². The number of fused-ring (bicyclic) bond motifs is 1. The molecule has 27 heavy (non-hydrogen) atoms. The second kappa shape index (κ2) is 7.63. The van der Waals surface area contributed by atoms with Gasteiger partial charge in [0.25, 0.3) is 0 Å². The number of halogens is 1. The third-order valence-corrected chi connectivity index (χ3v) is 6.54. The zero-order chi connectivity index (χ0) is 19.0. The van der Waals surface area contributed by atoms with Gasteiger partial charge in [0, 0.05) is 10.0 Å². The molecule has 2 aromatic heterocycles. The van der Waals surface area contributed by atoms with Crippen LogP contribution in [0.3, 0.4) is 0 Å². The number of hydrogen-bond acceptors (Lipinski definition) is 5. The molecule has 2 aromatic carbocycles. The van der Waals surface area contributed by atoms with E-state index in [1.807, 2.05) is 41.1 Å². The Bertz CT molecular complexity index is 1100. The molecule has 138 valence electrons. The summed E-state index contributed by atoms with van der Waals surface area (Å²) in [6, 6.07) is 16.4. The van der Waals surface area contributed by atoms with E-state index in [0.29, 0.717) is 11.4 Å². The minimum atomic E-state index is 0.170. The number of rotatable bonds is 5. The highest BCUT2D eigenvalue weighted by molar-refractivity contribution is 9.10. The molecule has 0 aliphatic carbocycles. The summed E-state index contributed by atoms with van der Waals surface area (Å²) in [6.45, 7) is 2.77. The molecule has 0 aliphatic rings. The Balaban J connectivity index is 1.54. The van der Waals surface area contributed by atoms with E-state index >= 15 is 0 Å². The molecule has 4 aromatic rings. The van der Waals surface area contributed by atoms with Gasteiger partial charge in [0.2, 0.25) is 4.77 Å². The van der Waals surface area contributed by atoms with Crippen molar-refractivity contribution in [2.45, 2.75) is 19.6 Å². The van der Waals surface area contributed by atoms with E-state index in [0.717, 1.165) is 26.4 Å². The standard InChI is InChI=1S/C19H18BrN5S2/c1-12(18-21-15-5-3-4-6-16(15)27-18)24(2)11-25-19(26)22-17(23-25)13-7-9-14(20)10-8-13/h3-10,12H,11H2,1-2H3,(H,22,23,26). The van der Waals surface area contributed by atoms with Crippen LogP contribution in [0.2, 0.25) is 0 Å². The molecule has 0 spiro atoms. The van der Waals surface area contributed by atoms with Gasteiger partial charge < -0.3 is 0 Å². The fourth-order valence-electron chi connectivity index (χ4n) is 2.79. The molecule has 0 amide bonds. The number of nitrogens with one attached hydrogen (secondary N) is 1. The van der Waals surface area contributed by atoms with E-state index in [9.17, 15) is 0 Å². The summed E-state index contributed by atoms with van der Waals surface area (Å²) in [6.07, 6.45) is 0. The summed E-state index contributed by atoms with van der Waals surface area (Å²) in [5.74, 6) is 0.772. The second-order valence-corrected chi connectivity index (χ2v) is 8.73. The van der Waals surface area contributed by atoms with Gasteiger partial charge in [-0.1, -0.05) is 40.2 Å². The number of hydrogen-bond donors (Lipinski definition) is 1. The average molecular weight is 460 g/mol. The first-order chi connectivity index (χ1) is 13.0. The minimum Gasteiger partial charge on any atom is -0.278 e. The quantitative estimate of drug-likeness (QED) is 0.392. The highest BCUT2D eigenvalue weighted by Crippen LogP contribution is 2.29. The van der Waals surface area contributed by atoms with Crippen LogP contribution in [0.4, 0.5) is 0 Å². The van der Waals surface area contributed by atoms with Crippen LogP contribution < -0.4 is 0 Å². The Morgan fingerprint density at radius 1 is 1.19 bits per heavy atom. The largest absolute Gasteiger partial charge is 0.278 e. The molecule has 0 aliphatic heterocycles. The third-order valence-electron chi connectivity index (χ3n) is 4.49. The summed E-state index contributed by atoms with van der Waals surface area (Å²) >= 11 is 10.6. The maximum atomic E-state index is 5.44. The van der Waals surface area contributed by atoms with Crippen molar-refractivity contribution in [1.29, 1.82) is 0 Å². The van der Waals surface area contributed by atoms with Gasteiger partial charge in [-0.15, -0.1) is 11.3 Å². The van der Waals surface area contributed by atoms with Gasteiger partial charge >= 0.3 is 0 Å². The lowest BCUT2D eigenvalue weighted by atomic mass is 10.2. The van der Waals surface area contributed by atoms with Gasteiger partial charge in [-0.3, -0.25) is 10.00 Å². The van der Waals surface area contributed by atoms with Crippen LogP contribution in [0.15, 0.2) is 53.0 Å². The average Bonchev–Trinajstić information content (AvgIpc) is 3.25. The van der Waals surface area contributed by atoms with Crippen molar-refractivity contribution in [3.05, 3.63) is 62.8 Å². The van der Waals surface area contributed by atoms with Crippen LogP contribution in [-0.2, 0) is 6.67 Å². The maximum Gasteiger partial charge on any atom is 0.217 e. The summed E-state index contributed by atoms with van der Waals surface area (Å²) in [4.78, 5) is 11.5. The zero-order valence-electron chi connectivity index (χ0n) is 14.9. The van der Waals surface area contributed by atoms with E-state index in [2.05, 4.69) is 57.0 Å². The van der Waals surface area contributed by atoms with Gasteiger partial charge in [-0.05, 0) is 50.5 Å². The Kier molecular flexibility index (Phi) is 5.23. The first kappa shape index (κ1) is 18.5. The monoisotopic (exact) mass is 459 g/mol. The molecular weight excluding hydrogens is 442 g/mol. The van der Waals surface area contributed by atoms with Crippen molar-refractivity contribution in [3.63, 3.8) is 0 Å². The molecule has 0 fully saturated rings. The van der Waals surface area contributed by atoms with Gasteiger partial charge in [-0.2, -0.15) is 4.98 Å². The molecular formula is C19H18BrN5S2. The van der Waals surface area contributed by atoms with E-state index in [4.69, 9.17) is 17.2 Å². The third kappa shape index (κ3) is 3.89. The molecule has 0 radical (unpaired) electrons. The first-order valence-corrected chi connectivity index (χ1v) is 10.5. The van der Waals surface area contributed by atoms with Crippen LogP contribution in [0.5, 0.6) is 0 Å². The van der Waals surface area contributed by atoms with Gasteiger partial charge in [0.15, 0.2) is 5.82 Å². The Hall–Kier alpha value is -1.87. The first-order valence-electron chi connectivity index (χ1n) is 8.50. The van der Waals surface area contributed by atoms with Crippen LogP contribution in [0.25, 0.3) is 21.6 Å². The SMILES string of the molecule is CC(c1nc2ccccc2s1)N(C)Cn1[nH]c(-c2ccc(Br)cc2)nc1=S. The van der Waals surface area contributed by atoms with Crippen molar-refractivity contribution < 1.29 is 0 Å². The van der Waals surface area contributed by atoms with Crippen molar-refractivity contribution in [1.82, 2.24) is 24.6 Å². The predicted octanol–water partition coefficient (Wildman–Crippen LogP) is 5.63. The number of aromatic nitrogens is 4. The van der Waals surface area contributed by atoms with Crippen LogP contribution in [-0.4, -0.2) is 31.7 Å². The Morgan fingerprint density at radius 3 is 2.67 bits per heavy atom. The van der Waals surface area contributed by atoms with Crippen molar-refractivity contribution in [3.8, 4) is 11.4 Å². The van der Waals surface area contributed by atoms with Crippen LogP contribution >= 0.6 is 39.5 Å². The maximum absolute atomic E-state index is 5.44. The van der Waals surface area contributed by atoms with E-state index in [1.54, 1.807) is 11.3 Å². The van der Waals surface area contributed by atoms with Crippen molar-refractivity contribution in [2.24, 2.45) is 0 Å². The van der Waals surface area contributed by atoms with Crippen molar-refractivity contribution >= 4 is 49.7 Å². The molecule has 1 atom stereocenters. The summed E-state index contributed by atoms with van der Waals surface area (Å²) in [5.41, 5.74) is 2.05. The number of para-hydroxylation sites is 1. The minimum absolute atomic E-state index is 0.170. The van der Waals surface area contributed by atoms with Crippen LogP contribution in [0, 0.1) is 4.77 Å². The lowest BCUT2D eigenvalue weighted by Gasteiger charge is -2.22. The highest BCUT2D eigenvalue weighted by atomic mass is 79.9. The van der Waals surface area contributed by atoms with E-state index in [1.165, 1.54) is 4.70 Å². The molecule has 8 heteroatoms. The Morgan fingerprint density at radius 2 is 1.93 bits per heavy atom. The lowest BCUT2D eigenvalue weighted by molar-refractivity contribution is 0.195. The second-order valence-electron chi connectivity index (χ2n) is 6.38. The number of H-pyrrole nitrogens is 1.